The van der Waals surface area contributed by atoms with Crippen molar-refractivity contribution in [3.63, 3.8) is 0 Å². The lowest BCUT2D eigenvalue weighted by molar-refractivity contribution is 0.0666. The number of imidazole rings is 1. The summed E-state index contributed by atoms with van der Waals surface area (Å²) in [5.74, 6) is 0.844. The molecule has 146 valence electrons. The fraction of sp³-hybridized carbons (Fsp3) is 0.364. The number of carbonyl (C=O) groups excluding carboxylic acids is 1. The predicted molar refractivity (Wildman–Crippen MR) is 108 cm³/mol. The van der Waals surface area contributed by atoms with Crippen molar-refractivity contribution in [3.8, 4) is 5.75 Å². The third kappa shape index (κ3) is 3.54. The highest BCUT2D eigenvalue weighted by Gasteiger charge is 2.35. The molecule has 1 unspecified atom stereocenters. The van der Waals surface area contributed by atoms with Gasteiger partial charge in [-0.15, -0.1) is 0 Å². The lowest BCUT2D eigenvalue weighted by Gasteiger charge is -2.38. The number of hydrogen-bond donors (Lipinski definition) is 1. The van der Waals surface area contributed by atoms with Crippen molar-refractivity contribution in [2.75, 3.05) is 7.05 Å². The van der Waals surface area contributed by atoms with Crippen LogP contribution in [0.5, 0.6) is 5.75 Å². The number of amides is 2. The number of aromatic nitrogens is 2. The van der Waals surface area contributed by atoms with Gasteiger partial charge in [-0.2, -0.15) is 0 Å². The summed E-state index contributed by atoms with van der Waals surface area (Å²) in [5, 5.41) is 3.20. The van der Waals surface area contributed by atoms with Gasteiger partial charge in [0.15, 0.2) is 0 Å². The first kappa shape index (κ1) is 18.3. The summed E-state index contributed by atoms with van der Waals surface area (Å²) in [6.07, 6.45) is 4.50. The van der Waals surface area contributed by atoms with E-state index >= 15 is 0 Å². The molecule has 0 spiro atoms. The molecule has 0 radical (unpaired) electrons. The highest BCUT2D eigenvalue weighted by atomic mass is 16.5. The molecule has 4 rings (SSSR count). The molecule has 0 aliphatic carbocycles. The molecule has 6 nitrogen and oxygen atoms in total. The number of benzene rings is 1. The molecule has 1 aliphatic heterocycles. The van der Waals surface area contributed by atoms with Crippen LogP contribution >= 0.6 is 0 Å². The van der Waals surface area contributed by atoms with Gasteiger partial charge in [0.2, 0.25) is 0 Å². The van der Waals surface area contributed by atoms with Crippen LogP contribution in [0.1, 0.15) is 43.1 Å². The minimum absolute atomic E-state index is 0.0872. The molecule has 1 N–H and O–H groups in total. The van der Waals surface area contributed by atoms with Gasteiger partial charge >= 0.3 is 6.03 Å². The molecule has 6 heteroatoms. The molecule has 2 amide bonds. The minimum atomic E-state index is -0.333. The van der Waals surface area contributed by atoms with E-state index in [1.807, 2.05) is 47.1 Å². The first-order valence-electron chi connectivity index (χ1n) is 9.54. The number of urea groups is 1. The normalized spacial score (nSPS) is 17.6. The molecule has 1 aliphatic rings. The molecule has 28 heavy (non-hydrogen) atoms. The van der Waals surface area contributed by atoms with Gasteiger partial charge in [-0.25, -0.2) is 9.78 Å². The Kier molecular flexibility index (Phi) is 4.49. The van der Waals surface area contributed by atoms with Crippen LogP contribution in [-0.4, -0.2) is 33.0 Å². The minimum Gasteiger partial charge on any atom is -0.487 e. The van der Waals surface area contributed by atoms with Crippen LogP contribution in [0.15, 0.2) is 48.8 Å². The fourth-order valence-electron chi connectivity index (χ4n) is 3.78. The van der Waals surface area contributed by atoms with Crippen molar-refractivity contribution in [1.82, 2.24) is 19.6 Å². The Morgan fingerprint density at radius 2 is 2.18 bits per heavy atom. The monoisotopic (exact) mass is 378 g/mol. The summed E-state index contributed by atoms with van der Waals surface area (Å²) < 4.78 is 8.10. The van der Waals surface area contributed by atoms with Crippen LogP contribution in [0, 0.1) is 6.92 Å². The maximum atomic E-state index is 12.9. The standard InChI is InChI=1S/C22H26N4O2/c1-15-8-9-19-17(11-15)18(12-22(2,3)28-19)24-21(27)25(4)14-16-13-23-20-7-5-6-10-26(16)20/h5-11,13,18H,12,14H2,1-4H3,(H,24,27). The van der Waals surface area contributed by atoms with Gasteiger partial charge < -0.3 is 19.4 Å². The number of pyridine rings is 1. The van der Waals surface area contributed by atoms with Gasteiger partial charge in [-0.3, -0.25) is 0 Å². The number of aryl methyl sites for hydroxylation is 1. The SMILES string of the molecule is Cc1ccc2c(c1)C(NC(=O)N(C)Cc1cnc3ccccn13)CC(C)(C)O2. The smallest absolute Gasteiger partial charge is 0.317 e. The van der Waals surface area contributed by atoms with E-state index in [9.17, 15) is 4.79 Å². The van der Waals surface area contributed by atoms with Crippen molar-refractivity contribution >= 4 is 11.7 Å². The van der Waals surface area contributed by atoms with E-state index in [0.717, 1.165) is 34.6 Å². The van der Waals surface area contributed by atoms with Crippen molar-refractivity contribution < 1.29 is 9.53 Å². The molecule has 1 atom stereocenters. The first-order valence-corrected chi connectivity index (χ1v) is 9.54. The summed E-state index contributed by atoms with van der Waals surface area (Å²) >= 11 is 0. The van der Waals surface area contributed by atoms with E-state index < -0.39 is 0 Å². The third-order valence-electron chi connectivity index (χ3n) is 5.16. The average molecular weight is 378 g/mol. The van der Waals surface area contributed by atoms with Crippen molar-refractivity contribution in [1.29, 1.82) is 0 Å². The van der Waals surface area contributed by atoms with Crippen LogP contribution in [0.4, 0.5) is 4.79 Å². The molecule has 0 saturated carbocycles. The zero-order chi connectivity index (χ0) is 19.9. The Morgan fingerprint density at radius 1 is 1.36 bits per heavy atom. The van der Waals surface area contributed by atoms with Gasteiger partial charge in [0, 0.05) is 25.2 Å². The predicted octanol–water partition coefficient (Wildman–Crippen LogP) is 4.09. The van der Waals surface area contributed by atoms with Crippen LogP contribution in [-0.2, 0) is 6.54 Å². The summed E-state index contributed by atoms with van der Waals surface area (Å²) in [6.45, 7) is 6.63. The van der Waals surface area contributed by atoms with Gasteiger partial charge in [0.1, 0.15) is 17.0 Å². The van der Waals surface area contributed by atoms with E-state index in [1.165, 1.54) is 0 Å². The number of rotatable bonds is 3. The topological polar surface area (TPSA) is 58.9 Å². The second-order valence-electron chi connectivity index (χ2n) is 8.14. The average Bonchev–Trinajstić information content (AvgIpc) is 3.04. The second kappa shape index (κ2) is 6.86. The molecule has 2 aromatic heterocycles. The van der Waals surface area contributed by atoms with Crippen molar-refractivity contribution in [2.45, 2.75) is 45.4 Å². The number of fused-ring (bicyclic) bond motifs is 2. The second-order valence-corrected chi connectivity index (χ2v) is 8.14. The zero-order valence-electron chi connectivity index (χ0n) is 16.8. The molecule has 3 aromatic rings. The maximum absolute atomic E-state index is 12.9. The third-order valence-corrected chi connectivity index (χ3v) is 5.16. The lowest BCUT2D eigenvalue weighted by atomic mass is 9.89. The number of carbonyl (C=O) groups is 1. The number of ether oxygens (including phenoxy) is 1. The summed E-state index contributed by atoms with van der Waals surface area (Å²) in [7, 11) is 1.80. The molecule has 0 saturated heterocycles. The van der Waals surface area contributed by atoms with Gasteiger partial charge in [-0.05, 0) is 39.0 Å². The highest BCUT2D eigenvalue weighted by Crippen LogP contribution is 2.39. The van der Waals surface area contributed by atoms with E-state index in [1.54, 1.807) is 11.9 Å². The summed E-state index contributed by atoms with van der Waals surface area (Å²) in [4.78, 5) is 19.0. The molecule has 1 aromatic carbocycles. The fourth-order valence-corrected chi connectivity index (χ4v) is 3.78. The Labute approximate surface area is 165 Å². The van der Waals surface area contributed by atoms with E-state index in [0.29, 0.717) is 6.54 Å². The van der Waals surface area contributed by atoms with Crippen LogP contribution < -0.4 is 10.1 Å². The summed E-state index contributed by atoms with van der Waals surface area (Å²) in [5.41, 5.74) is 3.70. The van der Waals surface area contributed by atoms with E-state index in [-0.39, 0.29) is 17.7 Å². The number of nitrogens with zero attached hydrogens (tertiary/aromatic N) is 3. The van der Waals surface area contributed by atoms with E-state index in [2.05, 4.69) is 37.1 Å². The number of hydrogen-bond acceptors (Lipinski definition) is 3. The lowest BCUT2D eigenvalue weighted by Crippen LogP contribution is -2.45. The largest absolute Gasteiger partial charge is 0.487 e. The molecular formula is C22H26N4O2. The first-order chi connectivity index (χ1) is 13.3. The molecule has 0 fully saturated rings. The maximum Gasteiger partial charge on any atom is 0.317 e. The van der Waals surface area contributed by atoms with Gasteiger partial charge in [0.25, 0.3) is 0 Å². The van der Waals surface area contributed by atoms with Crippen molar-refractivity contribution in [2.24, 2.45) is 0 Å². The van der Waals surface area contributed by atoms with E-state index in [4.69, 9.17) is 4.74 Å². The number of nitrogens with one attached hydrogen (secondary N) is 1. The van der Waals surface area contributed by atoms with Crippen molar-refractivity contribution in [3.05, 3.63) is 65.6 Å². The summed E-state index contributed by atoms with van der Waals surface area (Å²) in [6, 6.07) is 11.8. The Balaban J connectivity index is 1.52. The Morgan fingerprint density at radius 3 is 3.00 bits per heavy atom. The highest BCUT2D eigenvalue weighted by molar-refractivity contribution is 5.74. The quantitative estimate of drug-likeness (QED) is 0.747. The Hall–Kier alpha value is -3.02. The van der Waals surface area contributed by atoms with Crippen LogP contribution in [0.3, 0.4) is 0 Å². The van der Waals surface area contributed by atoms with Gasteiger partial charge in [0.05, 0.1) is 24.5 Å². The molecular weight excluding hydrogens is 352 g/mol. The zero-order valence-corrected chi connectivity index (χ0v) is 16.8. The van der Waals surface area contributed by atoms with Gasteiger partial charge in [-0.1, -0.05) is 23.8 Å². The van der Waals surface area contributed by atoms with Crippen LogP contribution in [0.2, 0.25) is 0 Å². The Bertz CT molecular complexity index is 1020. The van der Waals surface area contributed by atoms with Crippen LogP contribution in [0.25, 0.3) is 5.65 Å². The molecule has 0 bridgehead atoms. The molecule has 3 heterocycles.